The highest BCUT2D eigenvalue weighted by Crippen LogP contribution is 2.28. The number of amides is 1. The molecule has 1 aromatic carbocycles. The van der Waals surface area contributed by atoms with Gasteiger partial charge < -0.3 is 21.3 Å². The van der Waals surface area contributed by atoms with E-state index in [-0.39, 0.29) is 0 Å². The Labute approximate surface area is 114 Å². The van der Waals surface area contributed by atoms with Crippen LogP contribution in [0, 0.1) is 0 Å². The molecule has 0 spiro atoms. The lowest BCUT2D eigenvalue weighted by Crippen LogP contribution is -2.37. The van der Waals surface area contributed by atoms with Crippen LogP contribution < -0.4 is 16.4 Å². The highest BCUT2D eigenvalue weighted by molar-refractivity contribution is 6.01. The fourth-order valence-electron chi connectivity index (χ4n) is 2.80. The van der Waals surface area contributed by atoms with Gasteiger partial charge in [-0.3, -0.25) is 4.79 Å². The van der Waals surface area contributed by atoms with Gasteiger partial charge >= 0.3 is 0 Å². The highest BCUT2D eigenvalue weighted by Gasteiger charge is 2.24. The number of rotatable bonds is 4. The summed E-state index contributed by atoms with van der Waals surface area (Å²) in [6, 6.07) is 5.79. The number of para-hydroxylation sites is 1. The first kappa shape index (κ1) is 13.7. The van der Waals surface area contributed by atoms with Gasteiger partial charge in [0, 0.05) is 19.6 Å². The predicted molar refractivity (Wildman–Crippen MR) is 78.3 cm³/mol. The fraction of sp³-hybridized carbons (Fsp3) is 0.500. The number of hydrogen-bond acceptors (Lipinski definition) is 4. The van der Waals surface area contributed by atoms with Crippen molar-refractivity contribution in [1.29, 1.82) is 0 Å². The zero-order valence-electron chi connectivity index (χ0n) is 11.6. The molecule has 5 heteroatoms. The second-order valence-electron chi connectivity index (χ2n) is 5.26. The first-order valence-electron chi connectivity index (χ1n) is 6.60. The predicted octanol–water partition coefficient (Wildman–Crippen LogP) is 0.898. The normalized spacial score (nSPS) is 19.6. The molecule has 1 aromatic rings. The van der Waals surface area contributed by atoms with Crippen molar-refractivity contribution >= 4 is 17.3 Å². The van der Waals surface area contributed by atoms with Crippen LogP contribution in [0.5, 0.6) is 0 Å². The Morgan fingerprint density at radius 1 is 1.53 bits per heavy atom. The fourth-order valence-corrected chi connectivity index (χ4v) is 2.80. The van der Waals surface area contributed by atoms with Gasteiger partial charge in [0.15, 0.2) is 0 Å². The van der Waals surface area contributed by atoms with Crippen LogP contribution in [-0.2, 0) is 0 Å². The van der Waals surface area contributed by atoms with Crippen LogP contribution in [-0.4, -0.2) is 44.0 Å². The topological polar surface area (TPSA) is 75.6 Å². The first-order valence-corrected chi connectivity index (χ1v) is 6.60. The van der Waals surface area contributed by atoms with E-state index in [1.807, 2.05) is 11.9 Å². The average molecular weight is 262 g/mol. The van der Waals surface area contributed by atoms with E-state index in [0.29, 0.717) is 17.3 Å². The van der Waals surface area contributed by atoms with Gasteiger partial charge in [-0.15, -0.1) is 0 Å². The Bertz CT molecular complexity index is 475. The number of benzene rings is 1. The van der Waals surface area contributed by atoms with E-state index in [2.05, 4.69) is 11.9 Å². The van der Waals surface area contributed by atoms with Crippen molar-refractivity contribution in [3.05, 3.63) is 23.8 Å². The van der Waals surface area contributed by atoms with Crippen molar-refractivity contribution in [2.75, 3.05) is 37.8 Å². The maximum atomic E-state index is 11.5. The number of likely N-dealkylation sites (tertiary alicyclic amines) is 1. The molecule has 19 heavy (non-hydrogen) atoms. The lowest BCUT2D eigenvalue weighted by Gasteiger charge is -2.29. The number of nitrogens with two attached hydrogens (primary N) is 2. The highest BCUT2D eigenvalue weighted by atomic mass is 16.1. The molecule has 0 aromatic heterocycles. The van der Waals surface area contributed by atoms with Crippen molar-refractivity contribution in [3.8, 4) is 0 Å². The summed E-state index contributed by atoms with van der Waals surface area (Å²) in [6.45, 7) is 1.98. The molecule has 1 aliphatic rings. The number of anilines is 2. The van der Waals surface area contributed by atoms with Crippen LogP contribution in [0.25, 0.3) is 0 Å². The quantitative estimate of drug-likeness (QED) is 0.790. The van der Waals surface area contributed by atoms with Gasteiger partial charge in [-0.25, -0.2) is 0 Å². The van der Waals surface area contributed by atoms with Gasteiger partial charge in [-0.2, -0.15) is 0 Å². The second-order valence-corrected chi connectivity index (χ2v) is 5.26. The summed E-state index contributed by atoms with van der Waals surface area (Å²) in [5.41, 5.74) is 13.3. The molecule has 5 nitrogen and oxygen atoms in total. The summed E-state index contributed by atoms with van der Waals surface area (Å²) in [7, 11) is 4.10. The molecule has 1 saturated heterocycles. The zero-order chi connectivity index (χ0) is 14.0. The molecule has 0 bridgehead atoms. The maximum absolute atomic E-state index is 11.5. The number of carbonyl (C=O) groups is 1. The summed E-state index contributed by atoms with van der Waals surface area (Å²) in [6.07, 6.45) is 2.40. The third-order valence-corrected chi connectivity index (χ3v) is 3.87. The van der Waals surface area contributed by atoms with Crippen molar-refractivity contribution in [3.63, 3.8) is 0 Å². The van der Waals surface area contributed by atoms with E-state index >= 15 is 0 Å². The molecule has 1 fully saturated rings. The van der Waals surface area contributed by atoms with Gasteiger partial charge in [0.1, 0.15) is 0 Å². The lowest BCUT2D eigenvalue weighted by molar-refractivity contribution is 0.100. The Morgan fingerprint density at radius 2 is 2.26 bits per heavy atom. The molecule has 1 amide bonds. The first-order chi connectivity index (χ1) is 9.00. The van der Waals surface area contributed by atoms with Crippen molar-refractivity contribution in [1.82, 2.24) is 4.90 Å². The Morgan fingerprint density at radius 3 is 2.84 bits per heavy atom. The Kier molecular flexibility index (Phi) is 3.95. The number of carbonyl (C=O) groups excluding carboxylic acids is 1. The molecule has 0 saturated carbocycles. The summed E-state index contributed by atoms with van der Waals surface area (Å²) >= 11 is 0. The van der Waals surface area contributed by atoms with E-state index in [1.165, 1.54) is 12.8 Å². The maximum Gasteiger partial charge on any atom is 0.250 e. The van der Waals surface area contributed by atoms with Crippen LogP contribution in [0.2, 0.25) is 0 Å². The minimum atomic E-state index is -0.436. The summed E-state index contributed by atoms with van der Waals surface area (Å²) in [5, 5.41) is 0. The standard InChI is InChI=1S/C14H22N4O/c1-17-8-4-5-10(17)9-18(2)13-11(14(16)19)6-3-7-12(13)15/h3,6-7,10H,4-5,8-9,15H2,1-2H3,(H2,16,19). The van der Waals surface area contributed by atoms with Crippen molar-refractivity contribution in [2.24, 2.45) is 5.73 Å². The smallest absolute Gasteiger partial charge is 0.250 e. The van der Waals surface area contributed by atoms with E-state index in [1.54, 1.807) is 18.2 Å². The van der Waals surface area contributed by atoms with E-state index in [9.17, 15) is 4.79 Å². The number of hydrogen-bond donors (Lipinski definition) is 2. The molecule has 1 atom stereocenters. The van der Waals surface area contributed by atoms with Crippen LogP contribution in [0.4, 0.5) is 11.4 Å². The van der Waals surface area contributed by atoms with Gasteiger partial charge in [-0.05, 0) is 38.6 Å². The summed E-state index contributed by atoms with van der Waals surface area (Å²) in [4.78, 5) is 15.9. The van der Waals surface area contributed by atoms with Gasteiger partial charge in [0.25, 0.3) is 5.91 Å². The molecule has 1 heterocycles. The lowest BCUT2D eigenvalue weighted by atomic mass is 10.1. The Hall–Kier alpha value is -1.75. The molecule has 0 radical (unpaired) electrons. The molecule has 104 valence electrons. The number of likely N-dealkylation sites (N-methyl/N-ethyl adjacent to an activating group) is 2. The molecular formula is C14H22N4O. The van der Waals surface area contributed by atoms with Crippen LogP contribution in [0.3, 0.4) is 0 Å². The molecular weight excluding hydrogens is 240 g/mol. The molecule has 4 N–H and O–H groups in total. The molecule has 1 unspecified atom stereocenters. The van der Waals surface area contributed by atoms with Gasteiger partial charge in [-0.1, -0.05) is 6.07 Å². The van der Waals surface area contributed by atoms with Crippen LogP contribution in [0.1, 0.15) is 23.2 Å². The van der Waals surface area contributed by atoms with Crippen LogP contribution >= 0.6 is 0 Å². The van der Waals surface area contributed by atoms with Gasteiger partial charge in [0.05, 0.1) is 16.9 Å². The second kappa shape index (κ2) is 5.48. The molecule has 1 aliphatic heterocycles. The third kappa shape index (κ3) is 2.81. The van der Waals surface area contributed by atoms with Gasteiger partial charge in [0.2, 0.25) is 0 Å². The number of primary amides is 1. The average Bonchev–Trinajstić information content (AvgIpc) is 2.74. The van der Waals surface area contributed by atoms with Crippen molar-refractivity contribution in [2.45, 2.75) is 18.9 Å². The van der Waals surface area contributed by atoms with E-state index in [0.717, 1.165) is 18.8 Å². The summed E-state index contributed by atoms with van der Waals surface area (Å²) in [5.74, 6) is -0.436. The Balaban J connectivity index is 2.23. The molecule has 0 aliphatic carbocycles. The monoisotopic (exact) mass is 262 g/mol. The van der Waals surface area contributed by atoms with E-state index < -0.39 is 5.91 Å². The third-order valence-electron chi connectivity index (χ3n) is 3.87. The molecule has 2 rings (SSSR count). The van der Waals surface area contributed by atoms with E-state index in [4.69, 9.17) is 11.5 Å². The number of nitrogen functional groups attached to an aromatic ring is 1. The number of nitrogens with zero attached hydrogens (tertiary/aromatic N) is 2. The minimum absolute atomic E-state index is 0.436. The largest absolute Gasteiger partial charge is 0.397 e. The van der Waals surface area contributed by atoms with Crippen LogP contribution in [0.15, 0.2) is 18.2 Å². The zero-order valence-corrected chi connectivity index (χ0v) is 11.6. The van der Waals surface area contributed by atoms with Crippen molar-refractivity contribution < 1.29 is 4.79 Å². The minimum Gasteiger partial charge on any atom is -0.397 e. The SMILES string of the molecule is CN(CC1CCCN1C)c1c(N)cccc1C(N)=O. The summed E-state index contributed by atoms with van der Waals surface area (Å²) < 4.78 is 0.